The van der Waals surface area contributed by atoms with Gasteiger partial charge in [0.25, 0.3) is 0 Å². The highest BCUT2D eigenvalue weighted by Crippen LogP contribution is 2.49. The third kappa shape index (κ3) is 4.95. The first-order valence-electron chi connectivity index (χ1n) is 9.65. The van der Waals surface area contributed by atoms with E-state index < -0.39 is 0 Å². The van der Waals surface area contributed by atoms with Gasteiger partial charge in [-0.1, -0.05) is 76.2 Å². The van der Waals surface area contributed by atoms with Crippen LogP contribution in [0, 0.1) is 16.7 Å². The molecule has 25 heavy (non-hydrogen) atoms. The Morgan fingerprint density at radius 1 is 0.760 bits per heavy atom. The van der Waals surface area contributed by atoms with Crippen LogP contribution in [-0.2, 0) is 12.6 Å². The minimum absolute atomic E-state index is 0.478. The van der Waals surface area contributed by atoms with Crippen LogP contribution < -0.4 is 0 Å². The van der Waals surface area contributed by atoms with Crippen molar-refractivity contribution in [2.45, 2.75) is 59.5 Å². The molecule has 1 aliphatic rings. The Bertz CT molecular complexity index is 676. The lowest BCUT2D eigenvalue weighted by Crippen LogP contribution is -2.34. The summed E-state index contributed by atoms with van der Waals surface area (Å²) in [6, 6.07) is 18.2. The van der Waals surface area contributed by atoms with Crippen LogP contribution in [0.5, 0.6) is 0 Å². The minimum atomic E-state index is 0.478. The Balaban J connectivity index is 1.70. The molecule has 0 amide bonds. The van der Waals surface area contributed by atoms with Crippen LogP contribution in [-0.4, -0.2) is 0 Å². The van der Waals surface area contributed by atoms with Crippen LogP contribution in [0.1, 0.15) is 58.1 Å². The lowest BCUT2D eigenvalue weighted by Gasteiger charge is -2.45. The number of rotatable bonds is 4. The number of hydrogen-bond acceptors (Lipinski definition) is 0. The van der Waals surface area contributed by atoms with Gasteiger partial charge in [-0.05, 0) is 70.8 Å². The molecule has 1 saturated carbocycles. The molecule has 0 saturated heterocycles. The van der Waals surface area contributed by atoms with Gasteiger partial charge in [0, 0.05) is 0 Å². The fourth-order valence-electron chi connectivity index (χ4n) is 5.22. The molecule has 0 spiro atoms. The summed E-state index contributed by atoms with van der Waals surface area (Å²) in [5.74, 6) is 0.811. The van der Waals surface area contributed by atoms with Crippen LogP contribution in [0.15, 0.2) is 48.5 Å². The Hall–Kier alpha value is -1.13. The zero-order valence-electron chi connectivity index (χ0n) is 16.3. The average molecular weight is 353 g/mol. The Morgan fingerprint density at radius 3 is 1.64 bits per heavy atom. The molecule has 0 aliphatic heterocycles. The van der Waals surface area contributed by atoms with Crippen molar-refractivity contribution in [2.24, 2.45) is 16.7 Å². The molecular weight excluding hydrogens is 319 g/mol. The molecule has 0 nitrogen and oxygen atoms in total. The standard InChI is InChI=1S/C24H33P/c1-23(2)14-20(15-24(3,4)17-23)13-18-5-9-21(10-6-18)22-11-7-19(16-25)8-12-22/h5-12,20H,13-17,25H2,1-4H3. The second-order valence-corrected chi connectivity index (χ2v) is 9.99. The molecule has 0 N–H and O–H groups in total. The summed E-state index contributed by atoms with van der Waals surface area (Å²) in [4.78, 5) is 0. The van der Waals surface area contributed by atoms with E-state index in [-0.39, 0.29) is 0 Å². The molecule has 3 rings (SSSR count). The highest BCUT2D eigenvalue weighted by atomic mass is 31.0. The maximum Gasteiger partial charge on any atom is -0.0128 e. The van der Waals surface area contributed by atoms with E-state index in [4.69, 9.17) is 0 Å². The molecule has 1 heteroatoms. The molecule has 2 aromatic carbocycles. The van der Waals surface area contributed by atoms with Crippen molar-refractivity contribution in [2.75, 3.05) is 0 Å². The topological polar surface area (TPSA) is 0 Å². The third-order valence-electron chi connectivity index (χ3n) is 5.64. The Labute approximate surface area is 156 Å². The fourth-order valence-corrected chi connectivity index (χ4v) is 5.49. The van der Waals surface area contributed by atoms with Gasteiger partial charge in [-0.15, -0.1) is 9.24 Å². The summed E-state index contributed by atoms with van der Waals surface area (Å²) in [6.45, 7) is 9.79. The second-order valence-electron chi connectivity index (χ2n) is 9.58. The predicted octanol–water partition coefficient (Wildman–Crippen LogP) is 7.12. The van der Waals surface area contributed by atoms with Gasteiger partial charge < -0.3 is 0 Å². The van der Waals surface area contributed by atoms with Gasteiger partial charge in [0.05, 0.1) is 0 Å². The van der Waals surface area contributed by atoms with Crippen molar-refractivity contribution in [3.8, 4) is 11.1 Å². The number of hydrogen-bond donors (Lipinski definition) is 0. The molecule has 134 valence electrons. The van der Waals surface area contributed by atoms with Crippen molar-refractivity contribution in [3.05, 3.63) is 59.7 Å². The summed E-state index contributed by atoms with van der Waals surface area (Å²) >= 11 is 0. The van der Waals surface area contributed by atoms with E-state index in [1.54, 1.807) is 0 Å². The van der Waals surface area contributed by atoms with Gasteiger partial charge in [0.2, 0.25) is 0 Å². The molecule has 1 unspecified atom stereocenters. The summed E-state index contributed by atoms with van der Waals surface area (Å²) in [6.07, 6.45) is 6.30. The first-order chi connectivity index (χ1) is 11.8. The first kappa shape index (κ1) is 18.7. The molecule has 1 atom stereocenters. The van der Waals surface area contributed by atoms with Gasteiger partial charge in [0.15, 0.2) is 0 Å². The van der Waals surface area contributed by atoms with Crippen LogP contribution in [0.2, 0.25) is 0 Å². The monoisotopic (exact) mass is 352 g/mol. The summed E-state index contributed by atoms with van der Waals surface area (Å²) < 4.78 is 0. The van der Waals surface area contributed by atoms with Gasteiger partial charge in [0.1, 0.15) is 0 Å². The van der Waals surface area contributed by atoms with Crippen LogP contribution in [0.4, 0.5) is 0 Å². The number of benzene rings is 2. The van der Waals surface area contributed by atoms with E-state index in [0.717, 1.165) is 12.1 Å². The van der Waals surface area contributed by atoms with Crippen molar-refractivity contribution < 1.29 is 0 Å². The Kier molecular flexibility index (Phi) is 5.40. The SMILES string of the molecule is CC1(C)CC(Cc2ccc(-c3ccc(CP)cc3)cc2)CC(C)(C)C1. The largest absolute Gasteiger partial charge is 0.133 e. The predicted molar refractivity (Wildman–Crippen MR) is 114 cm³/mol. The molecule has 1 fully saturated rings. The van der Waals surface area contributed by atoms with Crippen molar-refractivity contribution in [3.63, 3.8) is 0 Å². The lowest BCUT2D eigenvalue weighted by atomic mass is 9.60. The average Bonchev–Trinajstić information content (AvgIpc) is 2.53. The maximum atomic E-state index is 2.79. The van der Waals surface area contributed by atoms with Crippen LogP contribution in [0.25, 0.3) is 11.1 Å². The molecular formula is C24H33P. The smallest absolute Gasteiger partial charge is 0.0128 e. The van der Waals surface area contributed by atoms with E-state index in [9.17, 15) is 0 Å². The zero-order valence-corrected chi connectivity index (χ0v) is 17.5. The molecule has 0 bridgehead atoms. The fraction of sp³-hybridized carbons (Fsp3) is 0.500. The zero-order chi connectivity index (χ0) is 18.1. The molecule has 0 heterocycles. The van der Waals surface area contributed by atoms with Crippen molar-refractivity contribution in [1.82, 2.24) is 0 Å². The van der Waals surface area contributed by atoms with E-state index in [0.29, 0.717) is 10.8 Å². The van der Waals surface area contributed by atoms with Gasteiger partial charge in [-0.25, -0.2) is 0 Å². The van der Waals surface area contributed by atoms with Crippen molar-refractivity contribution >= 4 is 9.24 Å². The summed E-state index contributed by atoms with van der Waals surface area (Å²) in [5, 5.41) is 0. The summed E-state index contributed by atoms with van der Waals surface area (Å²) in [7, 11) is 2.79. The van der Waals surface area contributed by atoms with Crippen molar-refractivity contribution in [1.29, 1.82) is 0 Å². The molecule has 0 aromatic heterocycles. The lowest BCUT2D eigenvalue weighted by molar-refractivity contribution is 0.0678. The Morgan fingerprint density at radius 2 is 1.20 bits per heavy atom. The second kappa shape index (κ2) is 7.24. The van der Waals surface area contributed by atoms with E-state index in [1.165, 1.54) is 47.9 Å². The third-order valence-corrected chi connectivity index (χ3v) is 6.11. The maximum absolute atomic E-state index is 2.79. The van der Waals surface area contributed by atoms with Crippen LogP contribution >= 0.6 is 9.24 Å². The van der Waals surface area contributed by atoms with Gasteiger partial charge >= 0.3 is 0 Å². The normalized spacial score (nSPS) is 19.7. The van der Waals surface area contributed by atoms with E-state index in [1.807, 2.05) is 0 Å². The molecule has 0 radical (unpaired) electrons. The highest BCUT2D eigenvalue weighted by Gasteiger charge is 2.38. The quantitative estimate of drug-likeness (QED) is 0.514. The van der Waals surface area contributed by atoms with Gasteiger partial charge in [-0.2, -0.15) is 0 Å². The summed E-state index contributed by atoms with van der Waals surface area (Å²) in [5.41, 5.74) is 6.45. The van der Waals surface area contributed by atoms with Gasteiger partial charge in [-0.3, -0.25) is 0 Å². The van der Waals surface area contributed by atoms with E-state index in [2.05, 4.69) is 85.5 Å². The highest BCUT2D eigenvalue weighted by molar-refractivity contribution is 7.15. The van der Waals surface area contributed by atoms with E-state index >= 15 is 0 Å². The molecule has 1 aliphatic carbocycles. The first-order valence-corrected chi connectivity index (χ1v) is 10.5. The van der Waals surface area contributed by atoms with Crippen LogP contribution in [0.3, 0.4) is 0 Å². The minimum Gasteiger partial charge on any atom is -0.133 e. The molecule has 2 aromatic rings.